The predicted octanol–water partition coefficient (Wildman–Crippen LogP) is 3.82. The van der Waals surface area contributed by atoms with E-state index in [4.69, 9.17) is 0 Å². The molecule has 0 spiro atoms. The summed E-state index contributed by atoms with van der Waals surface area (Å²) in [4.78, 5) is 12.5. The van der Waals surface area contributed by atoms with Crippen molar-refractivity contribution >= 4 is 33.1 Å². The Morgan fingerprint density at radius 3 is 2.74 bits per heavy atom. The van der Waals surface area contributed by atoms with Crippen LogP contribution >= 0.6 is 0 Å². The normalized spacial score (nSPS) is 15.9. The van der Waals surface area contributed by atoms with Crippen LogP contribution in [0.2, 0.25) is 0 Å². The van der Waals surface area contributed by atoms with Crippen LogP contribution in [-0.2, 0) is 21.2 Å². The molecule has 1 aliphatic rings. The molecule has 1 atom stereocenters. The Morgan fingerprint density at radius 1 is 1.19 bits per heavy atom. The van der Waals surface area contributed by atoms with Gasteiger partial charge in [0.1, 0.15) is 10.7 Å². The van der Waals surface area contributed by atoms with Gasteiger partial charge < -0.3 is 10.6 Å². The first-order valence-corrected chi connectivity index (χ1v) is 10.4. The second-order valence-electron chi connectivity index (χ2n) is 6.75. The lowest BCUT2D eigenvalue weighted by Gasteiger charge is -2.20. The number of para-hydroxylation sites is 1. The number of aryl methyl sites for hydroxylation is 1. The van der Waals surface area contributed by atoms with Gasteiger partial charge in [-0.2, -0.15) is 8.42 Å². The van der Waals surface area contributed by atoms with Crippen molar-refractivity contribution in [3.05, 3.63) is 54.1 Å². The lowest BCUT2D eigenvalue weighted by atomic mass is 10.0. The molecule has 0 aliphatic carbocycles. The first kappa shape index (κ1) is 19.1. The van der Waals surface area contributed by atoms with Crippen LogP contribution in [0.25, 0.3) is 0 Å². The molecule has 142 valence electrons. The summed E-state index contributed by atoms with van der Waals surface area (Å²) in [6, 6.07) is 14.4. The highest BCUT2D eigenvalue weighted by molar-refractivity contribution is 7.90. The Hall–Kier alpha value is -2.67. The molecule has 2 aromatic carbocycles. The smallest absolute Gasteiger partial charge is 0.286 e. The number of sulfonamides is 1. The quantitative estimate of drug-likeness (QED) is 0.791. The molecule has 1 heterocycles. The van der Waals surface area contributed by atoms with Gasteiger partial charge in [-0.15, -0.1) is 4.40 Å². The minimum atomic E-state index is -3.70. The second-order valence-corrected chi connectivity index (χ2v) is 8.32. The minimum Gasteiger partial charge on any atom is -0.342 e. The number of hydrogen-bond donors (Lipinski definition) is 2. The fourth-order valence-corrected chi connectivity index (χ4v) is 4.21. The van der Waals surface area contributed by atoms with E-state index in [2.05, 4.69) is 22.0 Å². The van der Waals surface area contributed by atoms with Gasteiger partial charge in [-0.25, -0.2) is 0 Å². The van der Waals surface area contributed by atoms with Crippen molar-refractivity contribution < 1.29 is 13.2 Å². The Bertz CT molecular complexity index is 983. The molecule has 2 aromatic rings. The maximum Gasteiger partial charge on any atom is 0.286 e. The summed E-state index contributed by atoms with van der Waals surface area (Å²) >= 11 is 0. The zero-order chi connectivity index (χ0) is 19.4. The molecule has 0 aromatic heterocycles. The van der Waals surface area contributed by atoms with E-state index in [0.717, 1.165) is 17.7 Å². The highest BCUT2D eigenvalue weighted by Crippen LogP contribution is 2.28. The number of hydrogen-bond acceptors (Lipinski definition) is 4. The highest BCUT2D eigenvalue weighted by atomic mass is 32.2. The number of anilines is 2. The Balaban J connectivity index is 1.61. The molecule has 0 radical (unpaired) electrons. The largest absolute Gasteiger partial charge is 0.342 e. The third-order valence-corrected chi connectivity index (χ3v) is 5.74. The zero-order valence-electron chi connectivity index (χ0n) is 15.4. The van der Waals surface area contributed by atoms with Crippen molar-refractivity contribution in [2.75, 3.05) is 10.6 Å². The summed E-state index contributed by atoms with van der Waals surface area (Å²) in [5.74, 6) is 0.198. The summed E-state index contributed by atoms with van der Waals surface area (Å²) in [6.45, 7) is 3.96. The monoisotopic (exact) mass is 385 g/mol. The molecule has 0 unspecified atom stereocenters. The predicted molar refractivity (Wildman–Crippen MR) is 108 cm³/mol. The summed E-state index contributed by atoms with van der Waals surface area (Å²) in [7, 11) is -3.70. The second kappa shape index (κ2) is 7.92. The number of fused-ring (bicyclic) bond motifs is 1. The lowest BCUT2D eigenvalue weighted by Crippen LogP contribution is -2.25. The van der Waals surface area contributed by atoms with E-state index in [1.807, 2.05) is 31.2 Å². The molecule has 0 saturated carbocycles. The van der Waals surface area contributed by atoms with Gasteiger partial charge in [-0.1, -0.05) is 38.1 Å². The van der Waals surface area contributed by atoms with Gasteiger partial charge in [0.25, 0.3) is 10.0 Å². The lowest BCUT2D eigenvalue weighted by molar-refractivity contribution is -0.116. The molecular weight excluding hydrogens is 362 g/mol. The van der Waals surface area contributed by atoms with E-state index in [9.17, 15) is 13.2 Å². The first-order valence-electron chi connectivity index (χ1n) is 8.96. The van der Waals surface area contributed by atoms with E-state index in [-0.39, 0.29) is 23.1 Å². The van der Waals surface area contributed by atoms with Crippen LogP contribution in [0.3, 0.4) is 0 Å². The topological polar surface area (TPSA) is 87.6 Å². The number of amides is 1. The maximum atomic E-state index is 12.3. The summed E-state index contributed by atoms with van der Waals surface area (Å²) in [5.41, 5.74) is 2.46. The highest BCUT2D eigenvalue weighted by Gasteiger charge is 2.25. The van der Waals surface area contributed by atoms with E-state index in [1.165, 1.54) is 6.07 Å². The van der Waals surface area contributed by atoms with Crippen LogP contribution in [0.4, 0.5) is 11.4 Å². The van der Waals surface area contributed by atoms with Gasteiger partial charge >= 0.3 is 0 Å². The molecular formula is C20H23N3O3S. The maximum absolute atomic E-state index is 12.3. The molecule has 0 fully saturated rings. The number of rotatable bonds is 6. The molecule has 0 saturated heterocycles. The van der Waals surface area contributed by atoms with Crippen LogP contribution < -0.4 is 10.6 Å². The molecule has 1 amide bonds. The van der Waals surface area contributed by atoms with Crippen LogP contribution in [0.5, 0.6) is 0 Å². The number of nitrogens with zero attached hydrogens (tertiary/aromatic N) is 1. The van der Waals surface area contributed by atoms with Crippen LogP contribution in [0, 0.1) is 5.92 Å². The van der Waals surface area contributed by atoms with Crippen molar-refractivity contribution in [1.82, 2.24) is 0 Å². The van der Waals surface area contributed by atoms with Crippen molar-refractivity contribution in [2.45, 2.75) is 38.0 Å². The van der Waals surface area contributed by atoms with Crippen molar-refractivity contribution in [1.29, 1.82) is 0 Å². The van der Waals surface area contributed by atoms with Crippen molar-refractivity contribution in [3.63, 3.8) is 0 Å². The van der Waals surface area contributed by atoms with Crippen LogP contribution in [-0.4, -0.2) is 20.2 Å². The molecule has 3 rings (SSSR count). The van der Waals surface area contributed by atoms with Gasteiger partial charge in [0.05, 0.1) is 5.69 Å². The summed E-state index contributed by atoms with van der Waals surface area (Å²) < 4.78 is 28.4. The van der Waals surface area contributed by atoms with Gasteiger partial charge in [-0.05, 0) is 42.2 Å². The standard InChI is InChI=1S/C20H23N3O3S/c1-3-15-7-6-8-16(13-15)21-20(24)12-14(2)11-19-22-17-9-4-5-10-18(17)27(25,26)23-19/h4-10,13-14H,3,11-12H2,1-2H3,(H,21,24)(H,22,23)/t14-/m1/s1. The number of nitrogens with one attached hydrogen (secondary N) is 2. The number of carbonyl (C=O) groups excluding carboxylic acids is 1. The third-order valence-electron chi connectivity index (χ3n) is 4.37. The van der Waals surface area contributed by atoms with Crippen molar-refractivity contribution in [2.24, 2.45) is 10.3 Å². The number of amidine groups is 1. The summed E-state index contributed by atoms with van der Waals surface area (Å²) in [6.07, 6.45) is 1.55. The molecule has 27 heavy (non-hydrogen) atoms. The van der Waals surface area contributed by atoms with E-state index in [0.29, 0.717) is 17.9 Å². The minimum absolute atomic E-state index is 0.0638. The first-order chi connectivity index (χ1) is 12.9. The molecule has 2 N–H and O–H groups in total. The average molecular weight is 385 g/mol. The molecule has 7 heteroatoms. The van der Waals surface area contributed by atoms with Gasteiger partial charge in [0.15, 0.2) is 0 Å². The van der Waals surface area contributed by atoms with Crippen LogP contribution in [0.1, 0.15) is 32.3 Å². The summed E-state index contributed by atoms with van der Waals surface area (Å²) in [5, 5.41) is 5.96. The van der Waals surface area contributed by atoms with E-state index in [1.54, 1.807) is 18.2 Å². The van der Waals surface area contributed by atoms with E-state index < -0.39 is 10.0 Å². The van der Waals surface area contributed by atoms with Crippen molar-refractivity contribution in [3.8, 4) is 0 Å². The van der Waals surface area contributed by atoms with Gasteiger partial charge in [0, 0.05) is 18.5 Å². The number of carbonyl (C=O) groups is 1. The third kappa shape index (κ3) is 4.74. The zero-order valence-corrected chi connectivity index (χ0v) is 16.2. The molecule has 6 nitrogen and oxygen atoms in total. The molecule has 0 bridgehead atoms. The fourth-order valence-electron chi connectivity index (χ4n) is 3.06. The van der Waals surface area contributed by atoms with Gasteiger partial charge in [-0.3, -0.25) is 4.79 Å². The van der Waals surface area contributed by atoms with Crippen LogP contribution in [0.15, 0.2) is 57.8 Å². The fraction of sp³-hybridized carbons (Fsp3) is 0.300. The van der Waals surface area contributed by atoms with Gasteiger partial charge in [0.2, 0.25) is 5.91 Å². The SMILES string of the molecule is CCc1cccc(NC(=O)C[C@H](C)CC2=NS(=O)(=O)c3ccccc3N2)c1. The molecule has 1 aliphatic heterocycles. The average Bonchev–Trinajstić information content (AvgIpc) is 2.61. The Morgan fingerprint density at radius 2 is 1.96 bits per heavy atom. The number of benzene rings is 2. The Kier molecular flexibility index (Phi) is 5.60. The Labute approximate surface area is 159 Å². The van der Waals surface area contributed by atoms with E-state index >= 15 is 0 Å².